The lowest BCUT2D eigenvalue weighted by Crippen LogP contribution is -2.57. The van der Waals surface area contributed by atoms with Gasteiger partial charge in [0.1, 0.15) is 30.3 Å². The first-order chi connectivity index (χ1) is 29.2. The molecule has 63 heavy (non-hydrogen) atoms. The summed E-state index contributed by atoms with van der Waals surface area (Å²) >= 11 is 0. The van der Waals surface area contributed by atoms with E-state index in [0.717, 1.165) is 21.9 Å². The predicted molar refractivity (Wildman–Crippen MR) is 228 cm³/mol. The minimum atomic E-state index is -4.63. The van der Waals surface area contributed by atoms with Crippen molar-refractivity contribution in [2.24, 2.45) is 17.8 Å². The van der Waals surface area contributed by atoms with Gasteiger partial charge in [0.25, 0.3) is 5.91 Å². The van der Waals surface area contributed by atoms with E-state index in [0.29, 0.717) is 12.0 Å². The molecule has 1 aromatic carbocycles. The number of benzene rings is 1. The molecular formula is C45H66F3N5O10. The lowest BCUT2D eigenvalue weighted by molar-refractivity contribution is -0.155. The molecule has 1 aromatic rings. The van der Waals surface area contributed by atoms with Crippen LogP contribution >= 0.6 is 0 Å². The highest BCUT2D eigenvalue weighted by Gasteiger charge is 2.37. The van der Waals surface area contributed by atoms with Gasteiger partial charge in [0, 0.05) is 32.0 Å². The topological polar surface area (TPSA) is 201 Å². The molecule has 0 spiro atoms. The third-order valence-corrected chi connectivity index (χ3v) is 11.3. The van der Waals surface area contributed by atoms with Gasteiger partial charge >= 0.3 is 18.1 Å². The normalized spacial score (nSPS) is 28.0. The molecule has 1 aliphatic rings. The Balaban J connectivity index is 2.66. The number of halogens is 3. The molecule has 0 fully saturated rings. The average Bonchev–Trinajstić information content (AvgIpc) is 3.22. The van der Waals surface area contributed by atoms with E-state index in [1.165, 1.54) is 53.1 Å². The Labute approximate surface area is 368 Å². The summed E-state index contributed by atoms with van der Waals surface area (Å²) in [4.78, 5) is 97.8. The van der Waals surface area contributed by atoms with E-state index in [1.807, 2.05) is 0 Å². The van der Waals surface area contributed by atoms with Gasteiger partial charge in [-0.05, 0) is 82.6 Å². The number of carbonyl (C=O) groups excluding carboxylic acids is 7. The van der Waals surface area contributed by atoms with Gasteiger partial charge in [-0.3, -0.25) is 24.0 Å². The molecule has 9 atom stereocenters. The number of allylic oxidation sites excluding steroid dienone is 1. The van der Waals surface area contributed by atoms with Crippen LogP contribution in [0.25, 0.3) is 0 Å². The second-order valence-corrected chi connectivity index (χ2v) is 16.9. The summed E-state index contributed by atoms with van der Waals surface area (Å²) < 4.78 is 51.6. The molecule has 2 rings (SSSR count). The largest absolute Gasteiger partial charge is 0.456 e. The minimum absolute atomic E-state index is 0.0651. The average molecular weight is 894 g/mol. The zero-order chi connectivity index (χ0) is 48.1. The molecule has 0 radical (unpaired) electrons. The molecule has 4 N–H and O–H groups in total. The summed E-state index contributed by atoms with van der Waals surface area (Å²) in [5.41, 5.74) is -0.0102. The maximum Gasteiger partial charge on any atom is 0.416 e. The summed E-state index contributed by atoms with van der Waals surface area (Å²) in [5.74, 6) is -6.88. The number of hydrogen-bond donors (Lipinski definition) is 4. The second-order valence-electron chi connectivity index (χ2n) is 16.9. The van der Waals surface area contributed by atoms with Gasteiger partial charge in [0.05, 0.1) is 18.2 Å². The molecule has 5 amide bonds. The van der Waals surface area contributed by atoms with E-state index < -0.39 is 114 Å². The SMILES string of the molecule is C/C=C(\C)[C@H]1OC(=O)[C@@H](C)NC(=O)[C@H](C(C)CC)NC(=O)CN(C)C(=O)[C@@H](Cc2ccc(C(F)(F)F)cc2)N(C)C(=O)[C@H](C)NC(=O)[C@@H](CC(C)C)OC(=O)/C(C)=C/C[C@H](O)[C@@H]1C. The molecule has 0 aromatic heterocycles. The van der Waals surface area contributed by atoms with E-state index >= 15 is 0 Å². The number of ether oxygens (including phenoxy) is 2. The second kappa shape index (κ2) is 24.0. The Morgan fingerprint density at radius 3 is 2.03 bits per heavy atom. The molecule has 352 valence electrons. The van der Waals surface area contributed by atoms with Gasteiger partial charge < -0.3 is 40.3 Å². The molecule has 0 saturated carbocycles. The number of carbonyl (C=O) groups is 7. The number of amides is 5. The summed E-state index contributed by atoms with van der Waals surface area (Å²) in [6.07, 6.45) is -4.81. The standard InChI is InChI=1S/C45H66F3N5O10/c1-13-25(5)37-40(57)50-30(10)44(61)63-38(26(6)14-2)28(8)34(54)20-15-27(7)43(60)62-35(21-24(3)4)39(56)49-29(9)41(58)53(12)33(42(59)52(11)23-36(55)51-37)22-31-16-18-32(19-17-31)45(46,47)48/h14-19,24-25,28-30,33-35,37-38,54H,13,20-23H2,1-12H3,(H,49,56)(H,50,57)(H,51,55)/b26-14+,27-15+/t25?,28-,29-,30+,33+,34-,35+,37-,38+/m0/s1. The molecule has 18 heteroatoms. The van der Waals surface area contributed by atoms with Crippen LogP contribution in [0.15, 0.2) is 47.6 Å². The van der Waals surface area contributed by atoms with Crippen molar-refractivity contribution in [3.05, 3.63) is 58.7 Å². The van der Waals surface area contributed by atoms with Crippen LogP contribution in [0.4, 0.5) is 13.2 Å². The number of hydrogen-bond acceptors (Lipinski definition) is 10. The van der Waals surface area contributed by atoms with Crippen LogP contribution in [-0.2, 0) is 55.6 Å². The summed E-state index contributed by atoms with van der Waals surface area (Å²) in [7, 11) is 2.55. The van der Waals surface area contributed by atoms with Crippen molar-refractivity contribution in [1.82, 2.24) is 25.8 Å². The highest BCUT2D eigenvalue weighted by Crippen LogP contribution is 2.30. The lowest BCUT2D eigenvalue weighted by atomic mass is 9.90. The zero-order valence-electron chi connectivity index (χ0n) is 38.4. The van der Waals surface area contributed by atoms with Crippen LogP contribution in [0.1, 0.15) is 99.6 Å². The van der Waals surface area contributed by atoms with Crippen molar-refractivity contribution in [2.75, 3.05) is 20.6 Å². The van der Waals surface area contributed by atoms with E-state index in [-0.39, 0.29) is 36.3 Å². The van der Waals surface area contributed by atoms with Crippen LogP contribution < -0.4 is 16.0 Å². The van der Waals surface area contributed by atoms with Gasteiger partial charge in [-0.25, -0.2) is 9.59 Å². The summed E-state index contributed by atoms with van der Waals surface area (Å²) in [5, 5.41) is 19.0. The zero-order valence-corrected chi connectivity index (χ0v) is 38.4. The van der Waals surface area contributed by atoms with Gasteiger partial charge in [0.15, 0.2) is 6.10 Å². The molecule has 1 heterocycles. The highest BCUT2D eigenvalue weighted by atomic mass is 19.4. The smallest absolute Gasteiger partial charge is 0.416 e. The van der Waals surface area contributed by atoms with Crippen LogP contribution in [0.3, 0.4) is 0 Å². The monoisotopic (exact) mass is 893 g/mol. The lowest BCUT2D eigenvalue weighted by Gasteiger charge is -2.33. The van der Waals surface area contributed by atoms with Crippen molar-refractivity contribution in [2.45, 2.75) is 144 Å². The molecule has 1 unspecified atom stereocenters. The maximum atomic E-state index is 14.2. The Kier molecular flexibility index (Phi) is 20.5. The highest BCUT2D eigenvalue weighted by molar-refractivity contribution is 5.96. The van der Waals surface area contributed by atoms with Crippen LogP contribution in [0.5, 0.6) is 0 Å². The predicted octanol–water partition coefficient (Wildman–Crippen LogP) is 4.26. The number of nitrogens with zero attached hydrogens (tertiary/aromatic N) is 2. The molecular weight excluding hydrogens is 828 g/mol. The van der Waals surface area contributed by atoms with Crippen LogP contribution in [0, 0.1) is 17.8 Å². The number of cyclic esters (lactones) is 2. The Hall–Kier alpha value is -5.26. The summed E-state index contributed by atoms with van der Waals surface area (Å²) in [6, 6.07) is -1.10. The minimum Gasteiger partial charge on any atom is -0.456 e. The molecule has 0 bridgehead atoms. The number of esters is 2. The molecule has 0 aliphatic carbocycles. The van der Waals surface area contributed by atoms with Gasteiger partial charge in [0.2, 0.25) is 23.6 Å². The number of aliphatic hydroxyl groups excluding tert-OH is 1. The maximum absolute atomic E-state index is 14.2. The first kappa shape index (κ1) is 53.9. The Bertz CT molecular complexity index is 1850. The number of aliphatic hydroxyl groups is 1. The van der Waals surface area contributed by atoms with Crippen LogP contribution in [0.2, 0.25) is 0 Å². The molecule has 1 aliphatic heterocycles. The van der Waals surface area contributed by atoms with Crippen molar-refractivity contribution in [3.63, 3.8) is 0 Å². The number of alkyl halides is 3. The molecule has 15 nitrogen and oxygen atoms in total. The number of likely N-dealkylation sites (N-methyl/N-ethyl adjacent to an activating group) is 2. The number of rotatable bonds is 7. The number of nitrogens with one attached hydrogen (secondary N) is 3. The fourth-order valence-corrected chi connectivity index (χ4v) is 6.76. The Morgan fingerprint density at radius 1 is 0.905 bits per heavy atom. The third-order valence-electron chi connectivity index (χ3n) is 11.3. The first-order valence-corrected chi connectivity index (χ1v) is 21.2. The van der Waals surface area contributed by atoms with Crippen molar-refractivity contribution in [3.8, 4) is 0 Å². The molecule has 0 saturated heterocycles. The first-order valence-electron chi connectivity index (χ1n) is 21.2. The van der Waals surface area contributed by atoms with Gasteiger partial charge in [-0.1, -0.05) is 65.3 Å². The van der Waals surface area contributed by atoms with E-state index in [2.05, 4.69) is 16.0 Å². The van der Waals surface area contributed by atoms with E-state index in [9.17, 15) is 51.8 Å². The van der Waals surface area contributed by atoms with Gasteiger partial charge in [-0.15, -0.1) is 0 Å². The third kappa shape index (κ3) is 15.8. The quantitative estimate of drug-likeness (QED) is 0.227. The fraction of sp³-hybridized carbons (Fsp3) is 0.622. The summed E-state index contributed by atoms with van der Waals surface area (Å²) in [6.45, 7) is 15.8. The van der Waals surface area contributed by atoms with Crippen molar-refractivity contribution in [1.29, 1.82) is 0 Å². The van der Waals surface area contributed by atoms with Crippen molar-refractivity contribution < 1.29 is 61.3 Å². The fourth-order valence-electron chi connectivity index (χ4n) is 6.76. The van der Waals surface area contributed by atoms with Crippen molar-refractivity contribution >= 4 is 41.5 Å². The van der Waals surface area contributed by atoms with Crippen LogP contribution in [-0.4, -0.2) is 120 Å². The van der Waals surface area contributed by atoms with E-state index in [4.69, 9.17) is 9.47 Å². The van der Waals surface area contributed by atoms with Gasteiger partial charge in [-0.2, -0.15) is 13.2 Å². The van der Waals surface area contributed by atoms with E-state index in [1.54, 1.807) is 54.5 Å². The Morgan fingerprint density at radius 2 is 1.49 bits per heavy atom.